The van der Waals surface area contributed by atoms with Crippen molar-refractivity contribution in [3.63, 3.8) is 0 Å². The highest BCUT2D eigenvalue weighted by atomic mass is 16.5. The first-order valence-corrected chi connectivity index (χ1v) is 7.75. The summed E-state index contributed by atoms with van der Waals surface area (Å²) in [6.07, 6.45) is 0.883. The molecule has 4 heteroatoms. The third kappa shape index (κ3) is 3.54. The van der Waals surface area contributed by atoms with E-state index in [1.165, 1.54) is 11.1 Å². The van der Waals surface area contributed by atoms with E-state index < -0.39 is 0 Å². The van der Waals surface area contributed by atoms with E-state index in [2.05, 4.69) is 12.1 Å². The van der Waals surface area contributed by atoms with Gasteiger partial charge < -0.3 is 14.4 Å². The highest BCUT2D eigenvalue weighted by molar-refractivity contribution is 5.94. The van der Waals surface area contributed by atoms with Gasteiger partial charge in [0.05, 0.1) is 19.8 Å². The monoisotopic (exact) mass is 311 g/mol. The maximum atomic E-state index is 12.5. The van der Waals surface area contributed by atoms with E-state index in [1.54, 1.807) is 36.3 Å². The first-order chi connectivity index (χ1) is 11.2. The predicted octanol–water partition coefficient (Wildman–Crippen LogP) is 2.91. The minimum Gasteiger partial charge on any atom is -0.497 e. The number of carbonyl (C=O) groups is 1. The fourth-order valence-electron chi connectivity index (χ4n) is 2.87. The van der Waals surface area contributed by atoms with Gasteiger partial charge in [0.1, 0.15) is 5.75 Å². The number of ether oxygens (including phenoxy) is 2. The van der Waals surface area contributed by atoms with Crippen LogP contribution in [0.25, 0.3) is 0 Å². The van der Waals surface area contributed by atoms with E-state index in [0.29, 0.717) is 18.7 Å². The van der Waals surface area contributed by atoms with Crippen LogP contribution < -0.4 is 4.74 Å². The van der Waals surface area contributed by atoms with Crippen molar-refractivity contribution in [1.29, 1.82) is 0 Å². The highest BCUT2D eigenvalue weighted by Gasteiger charge is 2.22. The number of methoxy groups -OCH3 is 1. The van der Waals surface area contributed by atoms with E-state index >= 15 is 0 Å². The topological polar surface area (TPSA) is 38.8 Å². The van der Waals surface area contributed by atoms with Gasteiger partial charge in [0.2, 0.25) is 0 Å². The van der Waals surface area contributed by atoms with E-state index in [1.807, 2.05) is 19.2 Å². The van der Waals surface area contributed by atoms with Crippen molar-refractivity contribution in [2.24, 2.45) is 0 Å². The van der Waals surface area contributed by atoms with Crippen LogP contribution in [0.3, 0.4) is 0 Å². The normalized spacial score (nSPS) is 16.5. The summed E-state index contributed by atoms with van der Waals surface area (Å²) in [5.74, 6) is 0.742. The molecule has 23 heavy (non-hydrogen) atoms. The molecule has 0 aliphatic carbocycles. The summed E-state index contributed by atoms with van der Waals surface area (Å²) in [6, 6.07) is 15.5. The van der Waals surface area contributed by atoms with Crippen LogP contribution in [0.15, 0.2) is 48.5 Å². The number of carbonyl (C=O) groups excluding carboxylic acids is 1. The smallest absolute Gasteiger partial charge is 0.253 e. The molecule has 0 radical (unpaired) electrons. The molecule has 1 aliphatic rings. The minimum absolute atomic E-state index is 0.00453. The van der Waals surface area contributed by atoms with E-state index in [0.717, 1.165) is 12.2 Å². The Morgan fingerprint density at radius 2 is 1.87 bits per heavy atom. The summed E-state index contributed by atoms with van der Waals surface area (Å²) in [6.45, 7) is 1.20. The average Bonchev–Trinajstić information content (AvgIpc) is 2.61. The summed E-state index contributed by atoms with van der Waals surface area (Å²) < 4.78 is 11.0. The highest BCUT2D eigenvalue weighted by Crippen LogP contribution is 2.21. The van der Waals surface area contributed by atoms with Crippen molar-refractivity contribution in [3.8, 4) is 5.75 Å². The number of likely N-dealkylation sites (N-methyl/N-ethyl adjacent to an activating group) is 1. The molecular weight excluding hydrogens is 290 g/mol. The molecule has 0 fully saturated rings. The van der Waals surface area contributed by atoms with Crippen LogP contribution in [0.2, 0.25) is 0 Å². The third-order valence-electron chi connectivity index (χ3n) is 4.20. The van der Waals surface area contributed by atoms with Gasteiger partial charge in [-0.3, -0.25) is 4.79 Å². The largest absolute Gasteiger partial charge is 0.497 e. The Labute approximate surface area is 136 Å². The standard InChI is InChI=1S/C19H21NO3/c1-20(19(21)14-7-9-17(22-2)10-8-14)12-18-11-15-5-3-4-6-16(15)13-23-18/h3-10,18H,11-13H2,1-2H3. The molecule has 2 aromatic rings. The Morgan fingerprint density at radius 1 is 1.17 bits per heavy atom. The van der Waals surface area contributed by atoms with E-state index in [4.69, 9.17) is 9.47 Å². The molecule has 2 aromatic carbocycles. The van der Waals surface area contributed by atoms with Crippen molar-refractivity contribution in [2.45, 2.75) is 19.1 Å². The Morgan fingerprint density at radius 3 is 2.57 bits per heavy atom. The van der Waals surface area contributed by atoms with Crippen LogP contribution in [-0.2, 0) is 17.8 Å². The maximum absolute atomic E-state index is 12.5. The van der Waals surface area contributed by atoms with Crippen molar-refractivity contribution >= 4 is 5.91 Å². The Hall–Kier alpha value is -2.33. The molecular formula is C19H21NO3. The lowest BCUT2D eigenvalue weighted by molar-refractivity contribution is 0.00985. The van der Waals surface area contributed by atoms with Crippen LogP contribution in [0.4, 0.5) is 0 Å². The van der Waals surface area contributed by atoms with Crippen LogP contribution in [0, 0.1) is 0 Å². The number of rotatable bonds is 4. The van der Waals surface area contributed by atoms with Gasteiger partial charge in [-0.05, 0) is 35.4 Å². The first-order valence-electron chi connectivity index (χ1n) is 7.75. The Bertz CT molecular complexity index is 681. The lowest BCUT2D eigenvalue weighted by Gasteiger charge is -2.29. The third-order valence-corrected chi connectivity index (χ3v) is 4.20. The predicted molar refractivity (Wildman–Crippen MR) is 88.7 cm³/mol. The fraction of sp³-hybridized carbons (Fsp3) is 0.316. The van der Waals surface area contributed by atoms with E-state index in [9.17, 15) is 4.79 Å². The van der Waals surface area contributed by atoms with Crippen molar-refractivity contribution in [3.05, 3.63) is 65.2 Å². The van der Waals surface area contributed by atoms with Gasteiger partial charge >= 0.3 is 0 Å². The number of amides is 1. The molecule has 1 unspecified atom stereocenters. The van der Waals surface area contributed by atoms with E-state index in [-0.39, 0.29) is 12.0 Å². The van der Waals surface area contributed by atoms with Gasteiger partial charge in [-0.2, -0.15) is 0 Å². The summed E-state index contributed by atoms with van der Waals surface area (Å²) in [5, 5.41) is 0. The quantitative estimate of drug-likeness (QED) is 0.871. The minimum atomic E-state index is -0.00453. The summed E-state index contributed by atoms with van der Waals surface area (Å²) in [4.78, 5) is 14.2. The first kappa shape index (κ1) is 15.6. The van der Waals surface area contributed by atoms with Crippen molar-refractivity contribution < 1.29 is 14.3 Å². The van der Waals surface area contributed by atoms with Gasteiger partial charge in [0.25, 0.3) is 5.91 Å². The van der Waals surface area contributed by atoms with Crippen molar-refractivity contribution in [1.82, 2.24) is 4.90 Å². The number of nitrogens with zero attached hydrogens (tertiary/aromatic N) is 1. The Kier molecular flexibility index (Phi) is 4.63. The number of hydrogen-bond donors (Lipinski definition) is 0. The summed E-state index contributed by atoms with van der Waals surface area (Å²) in [5.41, 5.74) is 3.21. The number of hydrogen-bond acceptors (Lipinski definition) is 3. The molecule has 1 amide bonds. The molecule has 1 atom stereocenters. The molecule has 1 heterocycles. The lowest BCUT2D eigenvalue weighted by Crippen LogP contribution is -2.38. The second kappa shape index (κ2) is 6.84. The van der Waals surface area contributed by atoms with Crippen LogP contribution in [0.1, 0.15) is 21.5 Å². The zero-order chi connectivity index (χ0) is 16.2. The van der Waals surface area contributed by atoms with Gasteiger partial charge in [-0.15, -0.1) is 0 Å². The zero-order valence-electron chi connectivity index (χ0n) is 13.5. The molecule has 0 saturated carbocycles. The molecule has 0 aromatic heterocycles. The molecule has 0 bridgehead atoms. The zero-order valence-corrected chi connectivity index (χ0v) is 13.5. The second-order valence-electron chi connectivity index (χ2n) is 5.82. The van der Waals surface area contributed by atoms with Crippen LogP contribution in [0.5, 0.6) is 5.75 Å². The van der Waals surface area contributed by atoms with Gasteiger partial charge in [0.15, 0.2) is 0 Å². The van der Waals surface area contributed by atoms with Crippen LogP contribution >= 0.6 is 0 Å². The molecule has 0 spiro atoms. The second-order valence-corrected chi connectivity index (χ2v) is 5.82. The number of benzene rings is 2. The number of fused-ring (bicyclic) bond motifs is 1. The summed E-state index contributed by atoms with van der Waals surface area (Å²) >= 11 is 0. The Balaban J connectivity index is 1.62. The molecule has 0 saturated heterocycles. The molecule has 120 valence electrons. The van der Waals surface area contributed by atoms with Crippen molar-refractivity contribution in [2.75, 3.05) is 20.7 Å². The van der Waals surface area contributed by atoms with Crippen LogP contribution in [-0.4, -0.2) is 37.6 Å². The van der Waals surface area contributed by atoms with Gasteiger partial charge in [-0.25, -0.2) is 0 Å². The maximum Gasteiger partial charge on any atom is 0.253 e. The van der Waals surface area contributed by atoms with Gasteiger partial charge in [-0.1, -0.05) is 24.3 Å². The summed E-state index contributed by atoms with van der Waals surface area (Å²) in [7, 11) is 3.43. The fourth-order valence-corrected chi connectivity index (χ4v) is 2.87. The average molecular weight is 311 g/mol. The molecule has 1 aliphatic heterocycles. The molecule has 0 N–H and O–H groups in total. The SMILES string of the molecule is COc1ccc(C(=O)N(C)CC2Cc3ccccc3CO2)cc1. The molecule has 3 rings (SSSR count). The lowest BCUT2D eigenvalue weighted by atomic mass is 9.99. The van der Waals surface area contributed by atoms with Gasteiger partial charge in [0, 0.05) is 25.6 Å². The molecule has 4 nitrogen and oxygen atoms in total.